The highest BCUT2D eigenvalue weighted by Crippen LogP contribution is 2.31. The number of hydrogen-bond donors (Lipinski definition) is 1. The number of rotatable bonds is 9. The largest absolute Gasteiger partial charge is 0.490 e. The molecule has 10 heteroatoms. The van der Waals surface area contributed by atoms with Crippen molar-refractivity contribution in [2.45, 2.75) is 6.54 Å². The minimum absolute atomic E-state index is 0.210. The van der Waals surface area contributed by atoms with Crippen LogP contribution in [-0.4, -0.2) is 57.9 Å². The van der Waals surface area contributed by atoms with E-state index in [4.69, 9.17) is 19.2 Å². The lowest BCUT2D eigenvalue weighted by atomic mass is 10.1. The van der Waals surface area contributed by atoms with Crippen molar-refractivity contribution < 1.29 is 19.0 Å². The Bertz CT molecular complexity index is 1530. The van der Waals surface area contributed by atoms with Gasteiger partial charge in [-0.25, -0.2) is 19.5 Å². The van der Waals surface area contributed by atoms with Gasteiger partial charge in [-0.3, -0.25) is 4.79 Å². The number of nitrogens with one attached hydrogen (secondary N) is 1. The minimum Gasteiger partial charge on any atom is -0.490 e. The summed E-state index contributed by atoms with van der Waals surface area (Å²) in [6.07, 6.45) is 4.96. The number of ether oxygens (including phenoxy) is 3. The van der Waals surface area contributed by atoms with Gasteiger partial charge in [0.25, 0.3) is 5.91 Å². The molecule has 0 aliphatic heterocycles. The Morgan fingerprint density at radius 1 is 1.03 bits per heavy atom. The molecule has 1 amide bonds. The van der Waals surface area contributed by atoms with Crippen LogP contribution in [0.5, 0.6) is 11.6 Å². The Morgan fingerprint density at radius 3 is 2.81 bits per heavy atom. The van der Waals surface area contributed by atoms with Crippen LogP contribution < -0.4 is 14.8 Å². The normalized spacial score (nSPS) is 11.1. The van der Waals surface area contributed by atoms with Crippen LogP contribution >= 0.6 is 0 Å². The van der Waals surface area contributed by atoms with E-state index in [9.17, 15) is 4.79 Å². The van der Waals surface area contributed by atoms with Gasteiger partial charge < -0.3 is 19.5 Å². The van der Waals surface area contributed by atoms with Crippen molar-refractivity contribution in [3.8, 4) is 22.9 Å². The molecule has 0 atom stereocenters. The molecule has 0 aliphatic rings. The Morgan fingerprint density at radius 2 is 1.94 bits per heavy atom. The van der Waals surface area contributed by atoms with Gasteiger partial charge in [-0.05, 0) is 42.0 Å². The number of fused-ring (bicyclic) bond motifs is 2. The fraction of sp³-hybridized carbons (Fsp3) is 0.192. The highest BCUT2D eigenvalue weighted by atomic mass is 16.5. The van der Waals surface area contributed by atoms with E-state index < -0.39 is 0 Å². The van der Waals surface area contributed by atoms with E-state index in [1.54, 1.807) is 43.1 Å². The van der Waals surface area contributed by atoms with Crippen molar-refractivity contribution in [2.24, 2.45) is 0 Å². The molecule has 1 N–H and O–H groups in total. The number of pyridine rings is 3. The van der Waals surface area contributed by atoms with Crippen LogP contribution in [0.1, 0.15) is 15.9 Å². The summed E-state index contributed by atoms with van der Waals surface area (Å²) >= 11 is 0. The molecule has 0 spiro atoms. The molecular weight excluding hydrogens is 460 g/mol. The topological polar surface area (TPSA) is 113 Å². The Labute approximate surface area is 206 Å². The van der Waals surface area contributed by atoms with E-state index >= 15 is 0 Å². The second-order valence-corrected chi connectivity index (χ2v) is 7.95. The SMILES string of the molecule is COCCOc1cc(-c2ccnc(OC)c2)nc2cc(C(=O)NCc3ccn4ncnc4c3)ccc12. The van der Waals surface area contributed by atoms with Crippen molar-refractivity contribution in [3.05, 3.63) is 78.4 Å². The third kappa shape index (κ3) is 4.93. The third-order valence-corrected chi connectivity index (χ3v) is 5.62. The number of carbonyl (C=O) groups is 1. The van der Waals surface area contributed by atoms with Crippen LogP contribution in [0.25, 0.3) is 27.8 Å². The van der Waals surface area contributed by atoms with Crippen molar-refractivity contribution in [1.82, 2.24) is 29.9 Å². The summed E-state index contributed by atoms with van der Waals surface area (Å²) < 4.78 is 18.0. The summed E-state index contributed by atoms with van der Waals surface area (Å²) in [7, 11) is 3.19. The van der Waals surface area contributed by atoms with Gasteiger partial charge >= 0.3 is 0 Å². The zero-order valence-corrected chi connectivity index (χ0v) is 19.8. The van der Waals surface area contributed by atoms with E-state index in [0.29, 0.717) is 48.2 Å². The molecular formula is C26H24N6O4. The molecule has 0 fully saturated rings. The fourth-order valence-corrected chi connectivity index (χ4v) is 3.77. The molecule has 0 saturated heterocycles. The van der Waals surface area contributed by atoms with Crippen LogP contribution in [0, 0.1) is 0 Å². The van der Waals surface area contributed by atoms with Crippen LogP contribution in [-0.2, 0) is 11.3 Å². The maximum atomic E-state index is 13.0. The molecule has 182 valence electrons. The smallest absolute Gasteiger partial charge is 0.251 e. The van der Waals surface area contributed by atoms with Crippen molar-refractivity contribution in [3.63, 3.8) is 0 Å². The first-order chi connectivity index (χ1) is 17.6. The van der Waals surface area contributed by atoms with Gasteiger partial charge in [0.05, 0.1) is 24.9 Å². The molecule has 5 aromatic rings. The number of nitrogens with zero attached hydrogens (tertiary/aromatic N) is 5. The second kappa shape index (κ2) is 10.4. The lowest BCUT2D eigenvalue weighted by Gasteiger charge is -2.13. The Kier molecular flexibility index (Phi) is 6.67. The van der Waals surface area contributed by atoms with Crippen molar-refractivity contribution in [2.75, 3.05) is 27.4 Å². The summed E-state index contributed by atoms with van der Waals surface area (Å²) in [6, 6.07) is 14.7. The lowest BCUT2D eigenvalue weighted by Crippen LogP contribution is -2.22. The summed E-state index contributed by atoms with van der Waals surface area (Å²) in [6.45, 7) is 1.19. The lowest BCUT2D eigenvalue weighted by molar-refractivity contribution is 0.0951. The predicted molar refractivity (Wildman–Crippen MR) is 133 cm³/mol. The molecule has 36 heavy (non-hydrogen) atoms. The van der Waals surface area contributed by atoms with Gasteiger partial charge in [0.15, 0.2) is 5.65 Å². The highest BCUT2D eigenvalue weighted by Gasteiger charge is 2.13. The van der Waals surface area contributed by atoms with E-state index in [1.165, 1.54) is 6.33 Å². The van der Waals surface area contributed by atoms with E-state index in [-0.39, 0.29) is 5.91 Å². The predicted octanol–water partition coefficient (Wildman–Crippen LogP) is 3.30. The van der Waals surface area contributed by atoms with Gasteiger partial charge in [-0.1, -0.05) is 0 Å². The number of benzene rings is 1. The summed E-state index contributed by atoms with van der Waals surface area (Å²) in [5.41, 5.74) is 4.26. The van der Waals surface area contributed by atoms with Gasteiger partial charge in [-0.2, -0.15) is 5.10 Å². The monoisotopic (exact) mass is 484 g/mol. The van der Waals surface area contributed by atoms with Gasteiger partial charge in [0.1, 0.15) is 18.7 Å². The van der Waals surface area contributed by atoms with Crippen LogP contribution in [0.2, 0.25) is 0 Å². The minimum atomic E-state index is -0.210. The summed E-state index contributed by atoms with van der Waals surface area (Å²) in [4.78, 5) is 26.1. The highest BCUT2D eigenvalue weighted by molar-refractivity contribution is 5.99. The second-order valence-electron chi connectivity index (χ2n) is 7.95. The van der Waals surface area contributed by atoms with Gasteiger partial charge in [-0.15, -0.1) is 0 Å². The molecule has 0 aliphatic carbocycles. The molecule has 0 bridgehead atoms. The molecule has 4 heterocycles. The first kappa shape index (κ1) is 23.2. The number of methoxy groups -OCH3 is 2. The molecule has 5 rings (SSSR count). The molecule has 0 unspecified atom stereocenters. The number of carbonyl (C=O) groups excluding carboxylic acids is 1. The van der Waals surface area contributed by atoms with E-state index in [0.717, 1.165) is 22.2 Å². The zero-order valence-electron chi connectivity index (χ0n) is 19.8. The number of aromatic nitrogens is 5. The van der Waals surface area contributed by atoms with E-state index in [1.807, 2.05) is 36.5 Å². The number of hydrogen-bond acceptors (Lipinski definition) is 8. The van der Waals surface area contributed by atoms with Gasteiger partial charge in [0, 0.05) is 54.7 Å². The molecule has 0 saturated carbocycles. The standard InChI is InChI=1S/C26H24N6O4/c1-34-9-10-36-23-14-21(18-5-7-27-25(13-18)35-2)31-22-12-19(3-4-20(22)23)26(33)28-15-17-6-8-32-24(11-17)29-16-30-32/h3-8,11-14,16H,9-10,15H2,1-2H3,(H,28,33). The van der Waals surface area contributed by atoms with Crippen LogP contribution in [0.4, 0.5) is 0 Å². The Balaban J connectivity index is 1.44. The average molecular weight is 485 g/mol. The first-order valence-electron chi connectivity index (χ1n) is 11.3. The van der Waals surface area contributed by atoms with Crippen molar-refractivity contribution in [1.29, 1.82) is 0 Å². The maximum absolute atomic E-state index is 13.0. The summed E-state index contributed by atoms with van der Waals surface area (Å²) in [5, 5.41) is 7.84. The molecule has 1 aromatic carbocycles. The Hall–Kier alpha value is -4.57. The fourth-order valence-electron chi connectivity index (χ4n) is 3.77. The van der Waals surface area contributed by atoms with Crippen LogP contribution in [0.15, 0.2) is 67.3 Å². The quantitative estimate of drug-likeness (QED) is 0.317. The third-order valence-electron chi connectivity index (χ3n) is 5.62. The zero-order chi connectivity index (χ0) is 24.9. The maximum Gasteiger partial charge on any atom is 0.251 e. The molecule has 0 radical (unpaired) electrons. The molecule has 10 nitrogen and oxygen atoms in total. The van der Waals surface area contributed by atoms with E-state index in [2.05, 4.69) is 20.4 Å². The first-order valence-corrected chi connectivity index (χ1v) is 11.3. The van der Waals surface area contributed by atoms with Crippen LogP contribution in [0.3, 0.4) is 0 Å². The average Bonchev–Trinajstić information content (AvgIpc) is 3.39. The van der Waals surface area contributed by atoms with Gasteiger partial charge in [0.2, 0.25) is 5.88 Å². The molecule has 4 aromatic heterocycles. The van der Waals surface area contributed by atoms with Crippen molar-refractivity contribution >= 4 is 22.5 Å². The number of amides is 1. The summed E-state index contributed by atoms with van der Waals surface area (Å²) in [5.74, 6) is 0.919.